The van der Waals surface area contributed by atoms with Crippen LogP contribution in [0.25, 0.3) is 6.08 Å². The van der Waals surface area contributed by atoms with Crippen molar-refractivity contribution in [3.8, 4) is 23.0 Å². The second-order valence-corrected chi connectivity index (χ2v) is 10.8. The minimum Gasteiger partial charge on any atom is -0.504 e. The number of esters is 1. The summed E-state index contributed by atoms with van der Waals surface area (Å²) in [7, 11) is 2.78. The van der Waals surface area contributed by atoms with Crippen molar-refractivity contribution in [3.05, 3.63) is 53.6 Å². The van der Waals surface area contributed by atoms with Crippen molar-refractivity contribution < 1.29 is 78.8 Å². The van der Waals surface area contributed by atoms with Gasteiger partial charge >= 0.3 is 5.97 Å². The fourth-order valence-corrected chi connectivity index (χ4v) is 5.03. The zero-order chi connectivity index (χ0) is 34.2. The molecular formula is C31H40O16. The first-order valence-corrected chi connectivity index (χ1v) is 14.6. The predicted molar refractivity (Wildman–Crippen MR) is 158 cm³/mol. The number of methoxy groups -OCH3 is 2. The van der Waals surface area contributed by atoms with E-state index in [1.807, 2.05) is 0 Å². The van der Waals surface area contributed by atoms with Crippen molar-refractivity contribution in [2.75, 3.05) is 34.0 Å². The summed E-state index contributed by atoms with van der Waals surface area (Å²) in [5.41, 5.74) is 1.17. The lowest BCUT2D eigenvalue weighted by atomic mass is 9.97. The fraction of sp³-hybridized carbons (Fsp3) is 0.516. The van der Waals surface area contributed by atoms with E-state index in [1.54, 1.807) is 12.1 Å². The summed E-state index contributed by atoms with van der Waals surface area (Å²) in [6.07, 6.45) is -13.4. The van der Waals surface area contributed by atoms with Gasteiger partial charge in [-0.3, -0.25) is 0 Å². The van der Waals surface area contributed by atoms with E-state index in [2.05, 4.69) is 0 Å². The van der Waals surface area contributed by atoms with E-state index >= 15 is 0 Å². The topological polar surface area (TPSA) is 244 Å². The van der Waals surface area contributed by atoms with Crippen LogP contribution in [0.5, 0.6) is 23.0 Å². The number of phenols is 2. The molecule has 2 aliphatic heterocycles. The molecule has 0 spiro atoms. The maximum atomic E-state index is 12.5. The Morgan fingerprint density at radius 3 is 2.21 bits per heavy atom. The highest BCUT2D eigenvalue weighted by Gasteiger charge is 2.51. The van der Waals surface area contributed by atoms with Crippen LogP contribution in [0.2, 0.25) is 0 Å². The molecule has 2 aliphatic rings. The molecule has 4 rings (SSSR count). The molecule has 16 heteroatoms. The molecule has 0 bridgehead atoms. The highest BCUT2D eigenvalue weighted by molar-refractivity contribution is 5.87. The first-order chi connectivity index (χ1) is 22.5. The summed E-state index contributed by atoms with van der Waals surface area (Å²) < 4.78 is 37.9. The predicted octanol–water partition coefficient (Wildman–Crippen LogP) is -1.44. The first-order valence-electron chi connectivity index (χ1n) is 14.6. The number of carbonyl (C=O) groups is 1. The SMILES string of the molecule is COc1ccc(CCO[C@@H]2O[C@H](COC(=O)/C=C/c3ccc(O)c(OC)c3)[C@@H](O)[C@H](O[C@@H]3O[C@H](CO)[C@@H](O)[C@@H](O)[C@H]3O)[C@H]2O)cc1O. The van der Waals surface area contributed by atoms with Crippen molar-refractivity contribution in [1.82, 2.24) is 0 Å². The number of carbonyl (C=O) groups excluding carboxylic acids is 1. The van der Waals surface area contributed by atoms with Crippen LogP contribution in [0.15, 0.2) is 42.5 Å². The van der Waals surface area contributed by atoms with Crippen molar-refractivity contribution >= 4 is 12.0 Å². The summed E-state index contributed by atoms with van der Waals surface area (Å²) in [5, 5.41) is 82.3. The van der Waals surface area contributed by atoms with Crippen molar-refractivity contribution in [1.29, 1.82) is 0 Å². The van der Waals surface area contributed by atoms with E-state index in [9.17, 15) is 45.6 Å². The minimum atomic E-state index is -1.84. The Morgan fingerprint density at radius 2 is 1.53 bits per heavy atom. The normalized spacial score (nSPS) is 31.1. The van der Waals surface area contributed by atoms with Crippen molar-refractivity contribution in [2.45, 2.75) is 67.8 Å². The van der Waals surface area contributed by atoms with Gasteiger partial charge < -0.3 is 74.0 Å². The highest BCUT2D eigenvalue weighted by atomic mass is 16.7. The Bertz CT molecular complexity index is 1350. The molecule has 0 amide bonds. The molecule has 2 heterocycles. The molecule has 0 aromatic heterocycles. The smallest absolute Gasteiger partial charge is 0.330 e. The standard InChI is InChI=1S/C31H40O16/c1-41-19-7-4-16(11-18(19)34)9-10-43-30-28(40)29(47-31-27(39)26(38)24(36)21(13-32)45-31)25(37)22(46-30)14-44-23(35)8-5-15-3-6-17(33)20(12-15)42-2/h3-8,11-12,21-22,24-34,36-40H,9-10,13-14H2,1-2H3/b8-5+/t21-,22-,24-,25-,26-,27-,28-,29+,30-,31+/m1/s1. The van der Waals surface area contributed by atoms with E-state index in [-0.39, 0.29) is 36.0 Å². The largest absolute Gasteiger partial charge is 0.504 e. The maximum absolute atomic E-state index is 12.5. The van der Waals surface area contributed by atoms with E-state index in [0.717, 1.165) is 6.08 Å². The molecule has 260 valence electrons. The molecule has 10 atom stereocenters. The van der Waals surface area contributed by atoms with Gasteiger partial charge in [-0.05, 0) is 47.9 Å². The average Bonchev–Trinajstić information content (AvgIpc) is 3.06. The molecule has 0 saturated carbocycles. The lowest BCUT2D eigenvalue weighted by molar-refractivity contribution is -0.360. The molecule has 0 aliphatic carbocycles. The van der Waals surface area contributed by atoms with Crippen LogP contribution in [0.3, 0.4) is 0 Å². The highest BCUT2D eigenvalue weighted by Crippen LogP contribution is 2.31. The summed E-state index contributed by atoms with van der Waals surface area (Å²) in [6.45, 7) is -1.34. The molecule has 2 saturated heterocycles. The average molecular weight is 669 g/mol. The number of hydrogen-bond donors (Lipinski definition) is 8. The number of benzene rings is 2. The number of phenolic OH excluding ortho intramolecular Hbond substituents is 2. The lowest BCUT2D eigenvalue weighted by Crippen LogP contribution is -2.65. The Labute approximate surface area is 269 Å². The molecule has 47 heavy (non-hydrogen) atoms. The fourth-order valence-electron chi connectivity index (χ4n) is 5.03. The zero-order valence-electron chi connectivity index (χ0n) is 25.6. The van der Waals surface area contributed by atoms with Crippen LogP contribution in [-0.4, -0.2) is 142 Å². The van der Waals surface area contributed by atoms with Crippen LogP contribution < -0.4 is 9.47 Å². The number of ether oxygens (including phenoxy) is 7. The van der Waals surface area contributed by atoms with E-state index < -0.39 is 80.6 Å². The first kappa shape index (κ1) is 36.3. The third kappa shape index (κ3) is 8.88. The van der Waals surface area contributed by atoms with E-state index in [1.165, 1.54) is 44.6 Å². The Kier molecular flexibility index (Phi) is 12.8. The monoisotopic (exact) mass is 668 g/mol. The zero-order valence-corrected chi connectivity index (χ0v) is 25.6. The molecule has 2 fully saturated rings. The van der Waals surface area contributed by atoms with Crippen LogP contribution in [0.1, 0.15) is 11.1 Å². The van der Waals surface area contributed by atoms with Crippen LogP contribution in [0, 0.1) is 0 Å². The Balaban J connectivity index is 1.46. The quantitative estimate of drug-likeness (QED) is 0.0900. The van der Waals surface area contributed by atoms with Crippen molar-refractivity contribution in [3.63, 3.8) is 0 Å². The van der Waals surface area contributed by atoms with Gasteiger partial charge in [-0.25, -0.2) is 4.79 Å². The number of aliphatic hydroxyl groups excluding tert-OH is 6. The number of aromatic hydroxyl groups is 2. The molecule has 2 aromatic carbocycles. The minimum absolute atomic E-state index is 0.0539. The third-order valence-corrected chi connectivity index (χ3v) is 7.70. The van der Waals surface area contributed by atoms with E-state index in [4.69, 9.17) is 33.2 Å². The van der Waals surface area contributed by atoms with Gasteiger partial charge in [0.05, 0.1) is 27.4 Å². The summed E-state index contributed by atoms with van der Waals surface area (Å²) in [5.74, 6) is -0.536. The van der Waals surface area contributed by atoms with Crippen molar-refractivity contribution in [2.24, 2.45) is 0 Å². The van der Waals surface area contributed by atoms with Gasteiger partial charge in [0.2, 0.25) is 0 Å². The maximum Gasteiger partial charge on any atom is 0.330 e. The summed E-state index contributed by atoms with van der Waals surface area (Å²) >= 11 is 0. The van der Waals surface area contributed by atoms with Gasteiger partial charge in [0.1, 0.15) is 55.4 Å². The molecule has 0 radical (unpaired) electrons. The van der Waals surface area contributed by atoms with Gasteiger partial charge in [-0.15, -0.1) is 0 Å². The van der Waals surface area contributed by atoms with Gasteiger partial charge in [0, 0.05) is 6.08 Å². The van der Waals surface area contributed by atoms with Crippen LogP contribution in [-0.2, 0) is 34.9 Å². The summed E-state index contributed by atoms with van der Waals surface area (Å²) in [4.78, 5) is 12.5. The van der Waals surface area contributed by atoms with Gasteiger partial charge in [-0.2, -0.15) is 0 Å². The summed E-state index contributed by atoms with van der Waals surface area (Å²) in [6, 6.07) is 9.14. The second-order valence-electron chi connectivity index (χ2n) is 10.8. The Hall–Kier alpha value is -3.55. The molecule has 0 unspecified atom stereocenters. The molecule has 8 N–H and O–H groups in total. The lowest BCUT2D eigenvalue weighted by Gasteiger charge is -2.46. The van der Waals surface area contributed by atoms with E-state index in [0.29, 0.717) is 11.1 Å². The van der Waals surface area contributed by atoms with Crippen LogP contribution >= 0.6 is 0 Å². The van der Waals surface area contributed by atoms with Crippen LogP contribution in [0.4, 0.5) is 0 Å². The number of aliphatic hydroxyl groups is 6. The molecule has 16 nitrogen and oxygen atoms in total. The van der Waals surface area contributed by atoms with Gasteiger partial charge in [0.15, 0.2) is 35.6 Å². The second kappa shape index (κ2) is 16.5. The molecule has 2 aromatic rings. The Morgan fingerprint density at radius 1 is 0.809 bits per heavy atom. The molecular weight excluding hydrogens is 628 g/mol. The third-order valence-electron chi connectivity index (χ3n) is 7.70. The van der Waals surface area contributed by atoms with Gasteiger partial charge in [-0.1, -0.05) is 12.1 Å². The number of hydrogen-bond acceptors (Lipinski definition) is 16. The number of rotatable bonds is 13. The van der Waals surface area contributed by atoms with Gasteiger partial charge in [0.25, 0.3) is 0 Å².